The molecule has 3 aromatic rings. The highest BCUT2D eigenvalue weighted by Crippen LogP contribution is 2.29. The lowest BCUT2D eigenvalue weighted by molar-refractivity contribution is 0.804. The first-order valence-corrected chi connectivity index (χ1v) is 11.4. The van der Waals surface area contributed by atoms with Gasteiger partial charge in [0.25, 0.3) is 0 Å². The van der Waals surface area contributed by atoms with Crippen LogP contribution < -0.4 is 4.90 Å². The number of thiophene rings is 1. The van der Waals surface area contributed by atoms with Gasteiger partial charge in [0.05, 0.1) is 17.1 Å². The van der Waals surface area contributed by atoms with E-state index in [0.717, 1.165) is 41.6 Å². The molecular formula is C24H29N5S. The Morgan fingerprint density at radius 3 is 1.73 bits per heavy atom. The van der Waals surface area contributed by atoms with Gasteiger partial charge < -0.3 is 4.90 Å². The van der Waals surface area contributed by atoms with E-state index >= 15 is 0 Å². The molecule has 6 heteroatoms. The molecule has 0 atom stereocenters. The summed E-state index contributed by atoms with van der Waals surface area (Å²) >= 11 is 1.71. The Bertz CT molecular complexity index is 954. The lowest BCUT2D eigenvalue weighted by Gasteiger charge is -2.20. The zero-order chi connectivity index (χ0) is 21.2. The number of unbranched alkanes of at least 4 members (excludes halogenated alkanes) is 1. The molecule has 0 N–H and O–H groups in total. The first kappa shape index (κ1) is 21.8. The second-order valence-corrected chi connectivity index (χ2v) is 8.10. The molecule has 0 aliphatic rings. The number of anilines is 1. The van der Waals surface area contributed by atoms with E-state index in [1.807, 2.05) is 42.5 Å². The summed E-state index contributed by atoms with van der Waals surface area (Å²) in [4.78, 5) is 3.67. The molecule has 0 unspecified atom stereocenters. The second-order valence-electron chi connectivity index (χ2n) is 6.95. The SMILES string of the molecule is CCCCc1ccc(/N=N/c2ccc(/N=N/c3ccc(N(CC)CC)cc3)cc2)s1. The van der Waals surface area contributed by atoms with Gasteiger partial charge in [-0.05, 0) is 87.4 Å². The Morgan fingerprint density at radius 2 is 1.20 bits per heavy atom. The molecule has 0 bridgehead atoms. The molecule has 0 aliphatic heterocycles. The van der Waals surface area contributed by atoms with Gasteiger partial charge in [-0.1, -0.05) is 13.3 Å². The zero-order valence-electron chi connectivity index (χ0n) is 18.0. The highest BCUT2D eigenvalue weighted by molar-refractivity contribution is 7.15. The first-order valence-electron chi connectivity index (χ1n) is 10.6. The van der Waals surface area contributed by atoms with Crippen molar-refractivity contribution in [3.05, 3.63) is 65.5 Å². The van der Waals surface area contributed by atoms with Crippen LogP contribution in [0.1, 0.15) is 38.5 Å². The summed E-state index contributed by atoms with van der Waals surface area (Å²) in [6.07, 6.45) is 3.54. The molecule has 1 heterocycles. The second kappa shape index (κ2) is 11.4. The summed E-state index contributed by atoms with van der Waals surface area (Å²) in [7, 11) is 0. The standard InChI is InChI=1S/C24H29N5S/c1-4-7-8-23-17-18-24(30-23)28-27-20-11-9-19(10-12-20)25-26-21-13-15-22(16-14-21)29(5-2)6-3/h9-18H,4-8H2,1-3H3/b26-25+,28-27+. The van der Waals surface area contributed by atoms with Crippen LogP contribution in [0.15, 0.2) is 81.1 Å². The molecule has 5 nitrogen and oxygen atoms in total. The van der Waals surface area contributed by atoms with E-state index in [4.69, 9.17) is 0 Å². The average molecular weight is 420 g/mol. The topological polar surface area (TPSA) is 52.7 Å². The fourth-order valence-corrected chi connectivity index (χ4v) is 3.90. The molecule has 0 amide bonds. The Morgan fingerprint density at radius 1 is 0.667 bits per heavy atom. The summed E-state index contributed by atoms with van der Waals surface area (Å²) in [6.45, 7) is 8.51. The van der Waals surface area contributed by atoms with Gasteiger partial charge >= 0.3 is 0 Å². The van der Waals surface area contributed by atoms with Crippen molar-refractivity contribution in [2.24, 2.45) is 20.5 Å². The highest BCUT2D eigenvalue weighted by atomic mass is 32.1. The molecule has 30 heavy (non-hydrogen) atoms. The van der Waals surface area contributed by atoms with Gasteiger partial charge in [-0.2, -0.15) is 10.2 Å². The Kier molecular flexibility index (Phi) is 8.27. The predicted molar refractivity (Wildman–Crippen MR) is 128 cm³/mol. The molecule has 1 aromatic heterocycles. The van der Waals surface area contributed by atoms with Crippen molar-refractivity contribution >= 4 is 39.1 Å². The van der Waals surface area contributed by atoms with Gasteiger partial charge in [-0.3, -0.25) is 0 Å². The van der Waals surface area contributed by atoms with Crippen molar-refractivity contribution in [2.75, 3.05) is 18.0 Å². The number of azo groups is 2. The van der Waals surface area contributed by atoms with Crippen LogP contribution in [0.3, 0.4) is 0 Å². The van der Waals surface area contributed by atoms with Crippen molar-refractivity contribution in [2.45, 2.75) is 40.0 Å². The molecule has 3 rings (SSSR count). The minimum Gasteiger partial charge on any atom is -0.372 e. The minimum absolute atomic E-state index is 0.791. The third-order valence-corrected chi connectivity index (χ3v) is 5.83. The molecule has 156 valence electrons. The third kappa shape index (κ3) is 6.32. The Labute approximate surface area is 183 Å². The van der Waals surface area contributed by atoms with Gasteiger partial charge in [0, 0.05) is 23.7 Å². The quantitative estimate of drug-likeness (QED) is 0.303. The van der Waals surface area contributed by atoms with Crippen LogP contribution in [0.4, 0.5) is 27.8 Å². The normalized spacial score (nSPS) is 11.6. The molecule has 0 saturated heterocycles. The van der Waals surface area contributed by atoms with E-state index in [2.05, 4.69) is 64.3 Å². The summed E-state index contributed by atoms with van der Waals surface area (Å²) in [5.74, 6) is 0. The summed E-state index contributed by atoms with van der Waals surface area (Å²) in [6, 6.07) is 20.0. The molecule has 0 aliphatic carbocycles. The first-order chi connectivity index (χ1) is 14.7. The number of benzene rings is 2. The van der Waals surface area contributed by atoms with Gasteiger partial charge in [-0.25, -0.2) is 0 Å². The maximum absolute atomic E-state index is 4.35. The average Bonchev–Trinajstić information content (AvgIpc) is 3.25. The molecule has 0 saturated carbocycles. The van der Waals surface area contributed by atoms with E-state index in [9.17, 15) is 0 Å². The van der Waals surface area contributed by atoms with E-state index in [1.54, 1.807) is 11.3 Å². The van der Waals surface area contributed by atoms with Gasteiger partial charge in [0.15, 0.2) is 0 Å². The van der Waals surface area contributed by atoms with Gasteiger partial charge in [0.2, 0.25) is 0 Å². The third-order valence-electron chi connectivity index (χ3n) is 4.80. The molecule has 0 radical (unpaired) electrons. The van der Waals surface area contributed by atoms with Crippen LogP contribution in [0.2, 0.25) is 0 Å². The molecule has 0 spiro atoms. The fraction of sp³-hybridized carbons (Fsp3) is 0.333. The molecular weight excluding hydrogens is 390 g/mol. The predicted octanol–water partition coefficient (Wildman–Crippen LogP) is 8.77. The fourth-order valence-electron chi connectivity index (χ4n) is 3.03. The van der Waals surface area contributed by atoms with Crippen LogP contribution in [-0.4, -0.2) is 13.1 Å². The molecule has 2 aromatic carbocycles. The number of rotatable bonds is 10. The lowest BCUT2D eigenvalue weighted by Crippen LogP contribution is -2.21. The van der Waals surface area contributed by atoms with Crippen molar-refractivity contribution in [1.29, 1.82) is 0 Å². The summed E-state index contributed by atoms with van der Waals surface area (Å²) in [5.41, 5.74) is 3.64. The van der Waals surface area contributed by atoms with Crippen LogP contribution in [-0.2, 0) is 6.42 Å². The Balaban J connectivity index is 1.58. The largest absolute Gasteiger partial charge is 0.372 e. The summed E-state index contributed by atoms with van der Waals surface area (Å²) in [5, 5.41) is 18.3. The number of aryl methyl sites for hydroxylation is 1. The highest BCUT2D eigenvalue weighted by Gasteiger charge is 2.01. The van der Waals surface area contributed by atoms with E-state index in [-0.39, 0.29) is 0 Å². The number of hydrogen-bond acceptors (Lipinski definition) is 6. The number of nitrogens with zero attached hydrogens (tertiary/aromatic N) is 5. The van der Waals surface area contributed by atoms with Crippen LogP contribution in [0.25, 0.3) is 0 Å². The monoisotopic (exact) mass is 419 g/mol. The van der Waals surface area contributed by atoms with Gasteiger partial charge in [-0.15, -0.1) is 21.6 Å². The van der Waals surface area contributed by atoms with Crippen LogP contribution >= 0.6 is 11.3 Å². The smallest absolute Gasteiger partial charge is 0.139 e. The Hall–Kier alpha value is -2.86. The van der Waals surface area contributed by atoms with Crippen LogP contribution in [0.5, 0.6) is 0 Å². The lowest BCUT2D eigenvalue weighted by atomic mass is 10.2. The zero-order valence-corrected chi connectivity index (χ0v) is 18.8. The molecule has 0 fully saturated rings. The minimum atomic E-state index is 0.791. The van der Waals surface area contributed by atoms with Crippen molar-refractivity contribution < 1.29 is 0 Å². The van der Waals surface area contributed by atoms with Crippen LogP contribution in [0, 0.1) is 0 Å². The van der Waals surface area contributed by atoms with E-state index in [0.29, 0.717) is 0 Å². The number of hydrogen-bond donors (Lipinski definition) is 0. The van der Waals surface area contributed by atoms with Crippen molar-refractivity contribution in [1.82, 2.24) is 0 Å². The summed E-state index contributed by atoms with van der Waals surface area (Å²) < 4.78 is 0. The van der Waals surface area contributed by atoms with E-state index < -0.39 is 0 Å². The van der Waals surface area contributed by atoms with Gasteiger partial charge in [0.1, 0.15) is 5.00 Å². The van der Waals surface area contributed by atoms with Crippen molar-refractivity contribution in [3.63, 3.8) is 0 Å². The van der Waals surface area contributed by atoms with Crippen molar-refractivity contribution in [3.8, 4) is 0 Å². The maximum atomic E-state index is 4.35. The maximum Gasteiger partial charge on any atom is 0.139 e. The van der Waals surface area contributed by atoms with E-state index in [1.165, 1.54) is 23.4 Å².